The highest BCUT2D eigenvalue weighted by Gasteiger charge is 2.46. The van der Waals surface area contributed by atoms with Gasteiger partial charge in [0, 0.05) is 24.0 Å². The van der Waals surface area contributed by atoms with Crippen molar-refractivity contribution in [3.63, 3.8) is 0 Å². The molecule has 0 amide bonds. The normalized spacial score (nSPS) is 21.9. The molecule has 5 heteroatoms. The van der Waals surface area contributed by atoms with E-state index in [0.717, 1.165) is 61.1 Å². The van der Waals surface area contributed by atoms with Gasteiger partial charge >= 0.3 is 0 Å². The molecule has 1 N–H and O–H groups in total. The molecule has 1 heterocycles. The number of unbranched alkanes of at least 4 members (excludes halogenated alkanes) is 1. The van der Waals surface area contributed by atoms with E-state index in [1.54, 1.807) is 6.07 Å². The minimum atomic E-state index is -0.000998. The van der Waals surface area contributed by atoms with Crippen LogP contribution in [0.2, 0.25) is 0 Å². The van der Waals surface area contributed by atoms with Gasteiger partial charge in [-0.25, -0.2) is 0 Å². The van der Waals surface area contributed by atoms with Crippen molar-refractivity contribution < 1.29 is 14.6 Å². The smallest absolute Gasteiger partial charge is 0.163 e. The predicted molar refractivity (Wildman–Crippen MR) is 144 cm³/mol. The molecule has 1 aliphatic heterocycles. The summed E-state index contributed by atoms with van der Waals surface area (Å²) in [4.78, 5) is 15.8. The SMILES string of the molecule is CCCCC12CCC(=O)C(c3ccc(OCCN4CCCCC4)cc3)=C1c1ccc(O)cc1C2.Cl. The van der Waals surface area contributed by atoms with Gasteiger partial charge in [-0.1, -0.05) is 44.4 Å². The molecule has 2 aliphatic carbocycles. The standard InChI is InChI=1S/C30H37NO3.ClH/c1-2-3-14-30-15-13-27(33)28(29(30)26-12-9-24(32)20-23(26)21-30)22-7-10-25(11-8-22)34-19-18-31-16-5-4-6-17-31;/h7-12,20,32H,2-6,13-19,21H2,1H3;1H. The number of fused-ring (bicyclic) bond motifs is 3. The molecule has 35 heavy (non-hydrogen) atoms. The molecule has 5 rings (SSSR count). The first kappa shape index (κ1) is 25.8. The zero-order valence-corrected chi connectivity index (χ0v) is 21.7. The van der Waals surface area contributed by atoms with E-state index in [0.29, 0.717) is 18.8 Å². The maximum atomic E-state index is 13.3. The lowest BCUT2D eigenvalue weighted by atomic mass is 9.66. The fourth-order valence-electron chi connectivity index (χ4n) is 6.29. The van der Waals surface area contributed by atoms with E-state index in [4.69, 9.17) is 4.74 Å². The summed E-state index contributed by atoms with van der Waals surface area (Å²) in [7, 11) is 0. The lowest BCUT2D eigenvalue weighted by Crippen LogP contribution is -2.33. The number of hydrogen-bond acceptors (Lipinski definition) is 4. The van der Waals surface area contributed by atoms with Gasteiger partial charge in [0.15, 0.2) is 5.78 Å². The Bertz CT molecular complexity index is 1070. The van der Waals surface area contributed by atoms with Crippen LogP contribution >= 0.6 is 12.4 Å². The maximum Gasteiger partial charge on any atom is 0.163 e. The van der Waals surface area contributed by atoms with E-state index in [1.807, 2.05) is 24.3 Å². The largest absolute Gasteiger partial charge is 0.508 e. The summed E-state index contributed by atoms with van der Waals surface area (Å²) in [5.41, 5.74) is 5.41. The van der Waals surface area contributed by atoms with Crippen LogP contribution in [0.1, 0.15) is 75.0 Å². The third kappa shape index (κ3) is 5.29. The van der Waals surface area contributed by atoms with Crippen LogP contribution in [0.5, 0.6) is 11.5 Å². The number of benzene rings is 2. The number of piperidine rings is 1. The number of nitrogens with zero attached hydrogens (tertiary/aromatic N) is 1. The number of ketones is 1. The second kappa shape index (κ2) is 11.2. The topological polar surface area (TPSA) is 49.8 Å². The number of likely N-dealkylation sites (tertiary alicyclic amines) is 1. The van der Waals surface area contributed by atoms with Crippen molar-refractivity contribution in [1.82, 2.24) is 4.90 Å². The molecule has 1 unspecified atom stereocenters. The van der Waals surface area contributed by atoms with Crippen LogP contribution in [0.15, 0.2) is 42.5 Å². The molecule has 4 nitrogen and oxygen atoms in total. The molecule has 0 saturated carbocycles. The van der Waals surface area contributed by atoms with Crippen molar-refractivity contribution in [2.75, 3.05) is 26.2 Å². The number of phenols is 1. The number of carbonyl (C=O) groups excluding carboxylic acids is 1. The number of ether oxygens (including phenoxy) is 1. The third-order valence-electron chi connectivity index (χ3n) is 8.05. The Morgan fingerprint density at radius 2 is 1.83 bits per heavy atom. The van der Waals surface area contributed by atoms with E-state index in [-0.39, 0.29) is 23.6 Å². The van der Waals surface area contributed by atoms with E-state index in [1.165, 1.54) is 43.5 Å². The molecule has 0 aromatic heterocycles. The van der Waals surface area contributed by atoms with Crippen LogP contribution in [-0.2, 0) is 11.2 Å². The number of aromatic hydroxyl groups is 1. The Morgan fingerprint density at radius 1 is 1.06 bits per heavy atom. The van der Waals surface area contributed by atoms with Gasteiger partial charge in [0.2, 0.25) is 0 Å². The minimum absolute atomic E-state index is 0. The monoisotopic (exact) mass is 495 g/mol. The van der Waals surface area contributed by atoms with Crippen LogP contribution in [-0.4, -0.2) is 42.0 Å². The van der Waals surface area contributed by atoms with Gasteiger partial charge in [-0.2, -0.15) is 0 Å². The molecular weight excluding hydrogens is 458 g/mol. The Labute approximate surface area is 215 Å². The van der Waals surface area contributed by atoms with Crippen molar-refractivity contribution in [2.45, 2.75) is 64.7 Å². The first-order chi connectivity index (χ1) is 16.6. The average molecular weight is 496 g/mol. The number of rotatable bonds is 8. The summed E-state index contributed by atoms with van der Waals surface area (Å²) in [6.07, 6.45) is 9.72. The summed E-state index contributed by atoms with van der Waals surface area (Å²) >= 11 is 0. The molecule has 0 spiro atoms. The Balaban J connectivity index is 0.00000289. The highest BCUT2D eigenvalue weighted by atomic mass is 35.5. The molecule has 3 aliphatic rings. The first-order valence-electron chi connectivity index (χ1n) is 13.2. The molecule has 2 aromatic rings. The van der Waals surface area contributed by atoms with Crippen molar-refractivity contribution in [2.24, 2.45) is 5.41 Å². The summed E-state index contributed by atoms with van der Waals surface area (Å²) < 4.78 is 6.04. The van der Waals surface area contributed by atoms with Crippen LogP contribution in [0.3, 0.4) is 0 Å². The fourth-order valence-corrected chi connectivity index (χ4v) is 6.29. The number of allylic oxidation sites excluding steroid dienone is 2. The predicted octanol–water partition coefficient (Wildman–Crippen LogP) is 6.69. The highest BCUT2D eigenvalue weighted by molar-refractivity contribution is 6.30. The average Bonchev–Trinajstić information content (AvgIpc) is 3.18. The van der Waals surface area contributed by atoms with Crippen LogP contribution in [0.25, 0.3) is 11.1 Å². The fraction of sp³-hybridized carbons (Fsp3) is 0.500. The van der Waals surface area contributed by atoms with Gasteiger partial charge in [0.05, 0.1) is 0 Å². The van der Waals surface area contributed by atoms with Crippen LogP contribution < -0.4 is 4.74 Å². The van der Waals surface area contributed by atoms with E-state index < -0.39 is 0 Å². The van der Waals surface area contributed by atoms with Crippen molar-refractivity contribution >= 4 is 29.3 Å². The maximum absolute atomic E-state index is 13.3. The van der Waals surface area contributed by atoms with Gasteiger partial charge < -0.3 is 9.84 Å². The summed E-state index contributed by atoms with van der Waals surface area (Å²) in [5, 5.41) is 10.1. The molecule has 1 atom stereocenters. The van der Waals surface area contributed by atoms with E-state index in [2.05, 4.69) is 24.0 Å². The van der Waals surface area contributed by atoms with E-state index in [9.17, 15) is 9.90 Å². The van der Waals surface area contributed by atoms with Gasteiger partial charge in [-0.15, -0.1) is 12.4 Å². The van der Waals surface area contributed by atoms with Crippen LogP contribution in [0, 0.1) is 5.41 Å². The van der Waals surface area contributed by atoms with Crippen molar-refractivity contribution in [1.29, 1.82) is 0 Å². The van der Waals surface area contributed by atoms with E-state index >= 15 is 0 Å². The van der Waals surface area contributed by atoms with Crippen molar-refractivity contribution in [3.05, 3.63) is 59.2 Å². The summed E-state index contributed by atoms with van der Waals surface area (Å²) in [6, 6.07) is 13.8. The number of halogens is 1. The molecule has 188 valence electrons. The second-order valence-corrected chi connectivity index (χ2v) is 10.4. The third-order valence-corrected chi connectivity index (χ3v) is 8.05. The summed E-state index contributed by atoms with van der Waals surface area (Å²) in [6.45, 7) is 6.26. The number of Topliss-reactive ketones (excluding diaryl/α,β-unsaturated/α-hetero) is 1. The zero-order chi connectivity index (χ0) is 23.5. The summed E-state index contributed by atoms with van der Waals surface area (Å²) in [5.74, 6) is 1.41. The number of carbonyl (C=O) groups is 1. The Kier molecular flexibility index (Phi) is 8.23. The Morgan fingerprint density at radius 3 is 2.57 bits per heavy atom. The quantitative estimate of drug-likeness (QED) is 0.443. The lowest BCUT2D eigenvalue weighted by molar-refractivity contribution is -0.114. The lowest BCUT2D eigenvalue weighted by Gasteiger charge is -2.36. The van der Waals surface area contributed by atoms with Gasteiger partial charge in [0.1, 0.15) is 18.1 Å². The van der Waals surface area contributed by atoms with Gasteiger partial charge in [-0.3, -0.25) is 9.69 Å². The van der Waals surface area contributed by atoms with Crippen LogP contribution in [0.4, 0.5) is 0 Å². The molecular formula is C30H38ClNO3. The molecule has 2 aromatic carbocycles. The number of hydrogen-bond donors (Lipinski definition) is 1. The molecule has 0 bridgehead atoms. The zero-order valence-electron chi connectivity index (χ0n) is 20.9. The molecule has 0 radical (unpaired) electrons. The van der Waals surface area contributed by atoms with Gasteiger partial charge in [0.25, 0.3) is 0 Å². The second-order valence-electron chi connectivity index (χ2n) is 10.4. The van der Waals surface area contributed by atoms with Crippen molar-refractivity contribution in [3.8, 4) is 11.5 Å². The number of phenolic OH excluding ortho intramolecular Hbond substituents is 1. The Hall–Kier alpha value is -2.30. The van der Waals surface area contributed by atoms with Gasteiger partial charge in [-0.05, 0) is 91.7 Å². The molecule has 1 saturated heterocycles. The highest BCUT2D eigenvalue weighted by Crippen LogP contribution is 2.58. The first-order valence-corrected chi connectivity index (χ1v) is 13.2. The molecule has 1 fully saturated rings. The minimum Gasteiger partial charge on any atom is -0.508 e.